The Bertz CT molecular complexity index is 323. The first-order valence-corrected chi connectivity index (χ1v) is 4.48. The minimum absolute atomic E-state index is 0.782. The first-order valence-electron chi connectivity index (χ1n) is 4.48. The highest BCUT2D eigenvalue weighted by Gasteiger charge is 2.38. The maximum Gasteiger partial charge on any atom is 0.320 e. The zero-order valence-electron chi connectivity index (χ0n) is 9.26. The number of hydrogen-bond acceptors (Lipinski definition) is 6. The third-order valence-corrected chi connectivity index (χ3v) is 2.24. The van der Waals surface area contributed by atoms with Gasteiger partial charge in [-0.1, -0.05) is 6.92 Å². The number of carbonyl (C=O) groups is 2. The van der Waals surface area contributed by atoms with Gasteiger partial charge >= 0.3 is 11.9 Å². The first kappa shape index (κ1) is 13.9. The first-order chi connectivity index (χ1) is 7.53. The highest BCUT2D eigenvalue weighted by Crippen LogP contribution is 2.22. The van der Waals surface area contributed by atoms with Gasteiger partial charge in [-0.05, 0) is 0 Å². The quantitative estimate of drug-likeness (QED) is 0.501. The van der Waals surface area contributed by atoms with Crippen molar-refractivity contribution >= 4 is 11.9 Å². The van der Waals surface area contributed by atoms with Gasteiger partial charge in [0.05, 0.1) is 26.4 Å². The molecule has 0 bridgehead atoms. The number of carbonyl (C=O) groups excluding carboxylic acids is 2. The van der Waals surface area contributed by atoms with Gasteiger partial charge in [-0.2, -0.15) is 10.5 Å². The lowest BCUT2D eigenvalue weighted by Crippen LogP contribution is -2.35. The van der Waals surface area contributed by atoms with Crippen LogP contribution in [-0.4, -0.2) is 26.2 Å². The Hall–Kier alpha value is -2.08. The highest BCUT2D eigenvalue weighted by atomic mass is 16.5. The van der Waals surface area contributed by atoms with Gasteiger partial charge in [-0.3, -0.25) is 9.59 Å². The van der Waals surface area contributed by atoms with Crippen LogP contribution in [0, 0.1) is 40.4 Å². The summed E-state index contributed by atoms with van der Waals surface area (Å²) in [5, 5.41) is 17.4. The van der Waals surface area contributed by atoms with Crippen LogP contribution in [0.1, 0.15) is 6.92 Å². The molecule has 0 heterocycles. The molecule has 0 radical (unpaired) electrons. The van der Waals surface area contributed by atoms with Gasteiger partial charge < -0.3 is 9.47 Å². The third kappa shape index (κ3) is 2.96. The van der Waals surface area contributed by atoms with Crippen LogP contribution in [0.2, 0.25) is 0 Å². The van der Waals surface area contributed by atoms with Crippen molar-refractivity contribution in [3.05, 3.63) is 0 Å². The highest BCUT2D eigenvalue weighted by molar-refractivity contribution is 5.95. The number of ether oxygens (including phenoxy) is 2. The SMILES string of the molecule is COC(=O)C(C(=O)OC)[C@@H](C)C(C#N)C#N. The summed E-state index contributed by atoms with van der Waals surface area (Å²) < 4.78 is 8.87. The van der Waals surface area contributed by atoms with E-state index in [1.54, 1.807) is 12.1 Å². The molecule has 0 aromatic heterocycles. The Balaban J connectivity index is 5.06. The van der Waals surface area contributed by atoms with Gasteiger partial charge in [0.15, 0.2) is 5.92 Å². The molecule has 0 aliphatic rings. The summed E-state index contributed by atoms with van der Waals surface area (Å²) in [6.07, 6.45) is 0. The predicted octanol–water partition coefficient (Wildman–Crippen LogP) is 0.248. The molecule has 6 nitrogen and oxygen atoms in total. The maximum atomic E-state index is 11.3. The topological polar surface area (TPSA) is 100 Å². The van der Waals surface area contributed by atoms with Crippen LogP contribution in [0.5, 0.6) is 0 Å². The molecular formula is C10H12N2O4. The van der Waals surface area contributed by atoms with Gasteiger partial charge in [0, 0.05) is 5.92 Å². The van der Waals surface area contributed by atoms with Crippen LogP contribution in [0.3, 0.4) is 0 Å². The van der Waals surface area contributed by atoms with Crippen molar-refractivity contribution in [3.63, 3.8) is 0 Å². The molecule has 1 atom stereocenters. The van der Waals surface area contributed by atoms with Crippen molar-refractivity contribution in [2.24, 2.45) is 17.8 Å². The van der Waals surface area contributed by atoms with Crippen LogP contribution in [-0.2, 0) is 19.1 Å². The zero-order chi connectivity index (χ0) is 12.7. The molecule has 0 aliphatic heterocycles. The number of nitriles is 2. The average Bonchev–Trinajstić information content (AvgIpc) is 2.30. The van der Waals surface area contributed by atoms with Crippen molar-refractivity contribution in [1.29, 1.82) is 10.5 Å². The zero-order valence-corrected chi connectivity index (χ0v) is 9.26. The minimum atomic E-state index is -1.25. The summed E-state index contributed by atoms with van der Waals surface area (Å²) in [6.45, 7) is 1.45. The number of rotatable bonds is 4. The molecule has 0 aromatic rings. The van der Waals surface area contributed by atoms with Crippen LogP contribution >= 0.6 is 0 Å². The van der Waals surface area contributed by atoms with E-state index in [1.165, 1.54) is 6.92 Å². The van der Waals surface area contributed by atoms with Crippen LogP contribution in [0.25, 0.3) is 0 Å². The number of nitrogens with zero attached hydrogens (tertiary/aromatic N) is 2. The molecular weight excluding hydrogens is 212 g/mol. The van der Waals surface area contributed by atoms with Crippen molar-refractivity contribution < 1.29 is 19.1 Å². The van der Waals surface area contributed by atoms with Crippen molar-refractivity contribution in [3.8, 4) is 12.1 Å². The summed E-state index contributed by atoms with van der Waals surface area (Å²) in [5.41, 5.74) is 0. The smallest absolute Gasteiger partial charge is 0.320 e. The lowest BCUT2D eigenvalue weighted by molar-refractivity contribution is -0.161. The fourth-order valence-electron chi connectivity index (χ4n) is 1.24. The Kier molecular flexibility index (Phi) is 5.58. The molecule has 16 heavy (non-hydrogen) atoms. The van der Waals surface area contributed by atoms with E-state index < -0.39 is 29.7 Å². The van der Waals surface area contributed by atoms with Gasteiger partial charge in [0.1, 0.15) is 5.92 Å². The van der Waals surface area contributed by atoms with Crippen molar-refractivity contribution in [2.75, 3.05) is 14.2 Å². The molecule has 0 amide bonds. The Morgan fingerprint density at radius 2 is 1.44 bits per heavy atom. The minimum Gasteiger partial charge on any atom is -0.468 e. The molecule has 0 fully saturated rings. The Morgan fingerprint density at radius 1 is 1.06 bits per heavy atom. The van der Waals surface area contributed by atoms with Crippen LogP contribution in [0.15, 0.2) is 0 Å². The molecule has 86 valence electrons. The van der Waals surface area contributed by atoms with Crippen LogP contribution < -0.4 is 0 Å². The molecule has 0 rings (SSSR count). The summed E-state index contributed by atoms with van der Waals surface area (Å²) >= 11 is 0. The van der Waals surface area contributed by atoms with E-state index in [1.807, 2.05) is 0 Å². The summed E-state index contributed by atoms with van der Waals surface area (Å²) in [4.78, 5) is 22.7. The number of methoxy groups -OCH3 is 2. The largest absolute Gasteiger partial charge is 0.468 e. The van der Waals surface area contributed by atoms with E-state index in [9.17, 15) is 9.59 Å². The molecule has 0 spiro atoms. The van der Waals surface area contributed by atoms with Gasteiger partial charge in [0.25, 0.3) is 0 Å². The fourth-order valence-corrected chi connectivity index (χ4v) is 1.24. The normalized spacial score (nSPS) is 11.4. The fraction of sp³-hybridized carbons (Fsp3) is 0.600. The summed E-state index contributed by atoms with van der Waals surface area (Å²) in [7, 11) is 2.25. The second-order valence-electron chi connectivity index (χ2n) is 3.12. The molecule has 0 aliphatic carbocycles. The van der Waals surface area contributed by atoms with E-state index in [0.717, 1.165) is 14.2 Å². The van der Waals surface area contributed by atoms with Gasteiger partial charge in [0.2, 0.25) is 0 Å². The Labute approximate surface area is 93.4 Å². The average molecular weight is 224 g/mol. The van der Waals surface area contributed by atoms with E-state index >= 15 is 0 Å². The second-order valence-corrected chi connectivity index (χ2v) is 3.12. The van der Waals surface area contributed by atoms with E-state index in [4.69, 9.17) is 10.5 Å². The van der Waals surface area contributed by atoms with Crippen LogP contribution in [0.4, 0.5) is 0 Å². The molecule has 0 unspecified atom stereocenters. The summed E-state index contributed by atoms with van der Waals surface area (Å²) in [6, 6.07) is 3.43. The number of esters is 2. The lowest BCUT2D eigenvalue weighted by atomic mass is 9.84. The summed E-state index contributed by atoms with van der Waals surface area (Å²) in [5.74, 6) is -4.72. The lowest BCUT2D eigenvalue weighted by Gasteiger charge is -2.19. The number of hydrogen-bond donors (Lipinski definition) is 0. The monoisotopic (exact) mass is 224 g/mol. The van der Waals surface area contributed by atoms with Crippen molar-refractivity contribution in [1.82, 2.24) is 0 Å². The molecule has 0 saturated carbocycles. The molecule has 0 aromatic carbocycles. The van der Waals surface area contributed by atoms with Crippen molar-refractivity contribution in [2.45, 2.75) is 6.92 Å². The van der Waals surface area contributed by atoms with Gasteiger partial charge in [-0.15, -0.1) is 0 Å². The van der Waals surface area contributed by atoms with Gasteiger partial charge in [-0.25, -0.2) is 0 Å². The van der Waals surface area contributed by atoms with E-state index in [2.05, 4.69) is 9.47 Å². The molecule has 6 heteroatoms. The van der Waals surface area contributed by atoms with E-state index in [0.29, 0.717) is 0 Å². The molecule has 0 saturated heterocycles. The maximum absolute atomic E-state index is 11.3. The molecule has 0 N–H and O–H groups in total. The third-order valence-electron chi connectivity index (χ3n) is 2.24. The van der Waals surface area contributed by atoms with E-state index in [-0.39, 0.29) is 0 Å². The second kappa shape index (κ2) is 6.41. The predicted molar refractivity (Wildman–Crippen MR) is 51.4 cm³/mol. The standard InChI is InChI=1S/C10H12N2O4/c1-6(7(4-11)5-12)8(9(13)15-2)10(14)16-3/h6-8H,1-3H3/t6-/m0/s1. The Morgan fingerprint density at radius 3 is 1.69 bits per heavy atom.